The second kappa shape index (κ2) is 8.89. The first-order valence-electron chi connectivity index (χ1n) is 9.50. The molecule has 0 radical (unpaired) electrons. The van der Waals surface area contributed by atoms with Crippen molar-refractivity contribution >= 4 is 45.2 Å². The zero-order valence-corrected chi connectivity index (χ0v) is 19.6. The van der Waals surface area contributed by atoms with Gasteiger partial charge >= 0.3 is 0 Å². The van der Waals surface area contributed by atoms with E-state index in [0.29, 0.717) is 52.7 Å². The highest BCUT2D eigenvalue weighted by molar-refractivity contribution is 7.91. The normalized spacial score (nSPS) is 16.2. The average Bonchev–Trinajstić information content (AvgIpc) is 3.29. The number of hydrogen-bond donors (Lipinski definition) is 0. The van der Waals surface area contributed by atoms with E-state index in [1.165, 1.54) is 9.87 Å². The topological polar surface area (TPSA) is 63.4 Å². The van der Waals surface area contributed by atoms with E-state index in [1.807, 2.05) is 34.4 Å². The van der Waals surface area contributed by atoms with Crippen molar-refractivity contribution in [1.82, 2.24) is 23.6 Å². The average molecular weight is 484 g/mol. The van der Waals surface area contributed by atoms with Crippen LogP contribution in [0.25, 0.3) is 0 Å². The van der Waals surface area contributed by atoms with Crippen LogP contribution < -0.4 is 0 Å². The summed E-state index contributed by atoms with van der Waals surface area (Å²) in [6.45, 7) is 5.26. The van der Waals surface area contributed by atoms with Crippen molar-refractivity contribution in [3.8, 4) is 0 Å². The number of rotatable bonds is 6. The number of halogens is 1. The van der Waals surface area contributed by atoms with Crippen LogP contribution >= 0.6 is 35.2 Å². The predicted octanol–water partition coefficient (Wildman–Crippen LogP) is 3.45. The van der Waals surface area contributed by atoms with Crippen molar-refractivity contribution in [2.75, 3.05) is 26.2 Å². The van der Waals surface area contributed by atoms with Crippen LogP contribution in [0.15, 0.2) is 46.7 Å². The number of piperazine rings is 1. The van der Waals surface area contributed by atoms with Gasteiger partial charge in [0.25, 0.3) is 10.0 Å². The van der Waals surface area contributed by atoms with Gasteiger partial charge in [-0.25, -0.2) is 13.1 Å². The number of aryl methyl sites for hydroxylation is 1. The Bertz CT molecular complexity index is 1180. The molecule has 1 aromatic carbocycles. The minimum atomic E-state index is -3.49. The summed E-state index contributed by atoms with van der Waals surface area (Å²) < 4.78 is 32.3. The molecule has 0 unspecified atom stereocenters. The van der Waals surface area contributed by atoms with Crippen LogP contribution in [0.4, 0.5) is 0 Å². The molecule has 7 nitrogen and oxygen atoms in total. The monoisotopic (exact) mass is 483 g/mol. The maximum Gasteiger partial charge on any atom is 0.252 e. The van der Waals surface area contributed by atoms with Gasteiger partial charge in [0, 0.05) is 26.2 Å². The summed E-state index contributed by atoms with van der Waals surface area (Å²) in [5.41, 5.74) is 1.17. The summed E-state index contributed by atoms with van der Waals surface area (Å²) in [7, 11) is -3.49. The molecule has 0 bridgehead atoms. The molecular formula is C19H22ClN5O2S3. The fourth-order valence-electron chi connectivity index (χ4n) is 3.45. The molecule has 3 heterocycles. The predicted molar refractivity (Wildman–Crippen MR) is 121 cm³/mol. The minimum absolute atomic E-state index is 0.290. The first-order valence-corrected chi connectivity index (χ1v) is 12.5. The summed E-state index contributed by atoms with van der Waals surface area (Å²) in [4.78, 5) is 2.17. The van der Waals surface area contributed by atoms with Crippen molar-refractivity contribution in [2.24, 2.45) is 0 Å². The van der Waals surface area contributed by atoms with E-state index in [1.54, 1.807) is 12.1 Å². The second-order valence-electron chi connectivity index (χ2n) is 7.12. The molecule has 0 atom stereocenters. The third-order valence-electron chi connectivity index (χ3n) is 5.10. The quantitative estimate of drug-likeness (QED) is 0.502. The van der Waals surface area contributed by atoms with Gasteiger partial charge in [-0.15, -0.1) is 11.3 Å². The smallest absolute Gasteiger partial charge is 0.252 e. The molecular weight excluding hydrogens is 462 g/mol. The van der Waals surface area contributed by atoms with Gasteiger partial charge in [0.2, 0.25) is 0 Å². The molecule has 160 valence electrons. The van der Waals surface area contributed by atoms with Crippen LogP contribution in [0, 0.1) is 11.7 Å². The van der Waals surface area contributed by atoms with Crippen LogP contribution in [0.5, 0.6) is 0 Å². The number of thiophene rings is 1. The lowest BCUT2D eigenvalue weighted by atomic mass is 10.2. The Balaban J connectivity index is 1.41. The maximum absolute atomic E-state index is 12.8. The Labute approximate surface area is 190 Å². The number of hydrogen-bond acceptors (Lipinski definition) is 6. The van der Waals surface area contributed by atoms with Crippen LogP contribution in [0.1, 0.15) is 11.4 Å². The largest absolute Gasteiger partial charge is 0.300 e. The van der Waals surface area contributed by atoms with E-state index in [4.69, 9.17) is 23.8 Å². The summed E-state index contributed by atoms with van der Waals surface area (Å²) >= 11 is 12.6. The summed E-state index contributed by atoms with van der Waals surface area (Å²) in [5, 5.41) is 4.61. The zero-order chi connectivity index (χ0) is 21.3. The number of aromatic nitrogens is 3. The Morgan fingerprint density at radius 1 is 1.10 bits per heavy atom. The van der Waals surface area contributed by atoms with Gasteiger partial charge in [-0.3, -0.25) is 9.47 Å². The SMILES string of the molecule is Cc1nn(CN2CCN(S(=O)(=O)c3ccc(Cl)s3)CC2)c(=S)n1Cc1ccccc1. The molecule has 1 aliphatic rings. The number of benzene rings is 1. The van der Waals surface area contributed by atoms with Gasteiger partial charge in [0.05, 0.1) is 17.5 Å². The molecule has 1 aliphatic heterocycles. The highest BCUT2D eigenvalue weighted by atomic mass is 35.5. The lowest BCUT2D eigenvalue weighted by molar-refractivity contribution is 0.144. The van der Waals surface area contributed by atoms with E-state index in [2.05, 4.69) is 22.1 Å². The van der Waals surface area contributed by atoms with Crippen molar-refractivity contribution in [2.45, 2.75) is 24.3 Å². The lowest BCUT2D eigenvalue weighted by Gasteiger charge is -2.33. The third-order valence-corrected chi connectivity index (χ3v) is 9.13. The first kappa shape index (κ1) is 21.7. The molecule has 30 heavy (non-hydrogen) atoms. The fraction of sp³-hybridized carbons (Fsp3) is 0.368. The second-order valence-corrected chi connectivity index (χ2v) is 11.4. The number of nitrogens with zero attached hydrogens (tertiary/aromatic N) is 5. The van der Waals surface area contributed by atoms with Crippen LogP contribution in [-0.4, -0.2) is 58.1 Å². The molecule has 0 spiro atoms. The van der Waals surface area contributed by atoms with Gasteiger partial charge in [0.1, 0.15) is 10.0 Å². The fourth-order valence-corrected chi connectivity index (χ4v) is 6.81. The molecule has 0 N–H and O–H groups in total. The highest BCUT2D eigenvalue weighted by Crippen LogP contribution is 2.28. The third kappa shape index (κ3) is 4.53. The molecule has 3 aromatic rings. The first-order chi connectivity index (χ1) is 14.3. The molecule has 1 fully saturated rings. The van der Waals surface area contributed by atoms with Crippen molar-refractivity contribution < 1.29 is 8.42 Å². The Kier molecular flexibility index (Phi) is 6.42. The van der Waals surface area contributed by atoms with E-state index in [0.717, 1.165) is 17.2 Å². The number of sulfonamides is 1. The van der Waals surface area contributed by atoms with Crippen molar-refractivity contribution in [3.05, 3.63) is 63.0 Å². The Morgan fingerprint density at radius 3 is 2.43 bits per heavy atom. The van der Waals surface area contributed by atoms with Crippen LogP contribution in [-0.2, 0) is 23.2 Å². The zero-order valence-electron chi connectivity index (χ0n) is 16.4. The standard InChI is InChI=1S/C19H22ClN5O2S3/c1-15-21-25(19(28)24(15)13-16-5-3-2-4-6-16)14-22-9-11-23(12-10-22)30(26,27)18-8-7-17(20)29-18/h2-8H,9-14H2,1H3. The lowest BCUT2D eigenvalue weighted by Crippen LogP contribution is -2.48. The van der Waals surface area contributed by atoms with Crippen molar-refractivity contribution in [1.29, 1.82) is 0 Å². The maximum atomic E-state index is 12.8. The van der Waals surface area contributed by atoms with Gasteiger partial charge in [-0.05, 0) is 36.8 Å². The van der Waals surface area contributed by atoms with Gasteiger partial charge in [-0.1, -0.05) is 41.9 Å². The van der Waals surface area contributed by atoms with E-state index >= 15 is 0 Å². The van der Waals surface area contributed by atoms with Crippen LogP contribution in [0.2, 0.25) is 4.34 Å². The van der Waals surface area contributed by atoms with E-state index in [-0.39, 0.29) is 0 Å². The molecule has 0 aliphatic carbocycles. The van der Waals surface area contributed by atoms with E-state index < -0.39 is 10.0 Å². The molecule has 0 amide bonds. The highest BCUT2D eigenvalue weighted by Gasteiger charge is 2.30. The Morgan fingerprint density at radius 2 is 1.80 bits per heavy atom. The van der Waals surface area contributed by atoms with Crippen molar-refractivity contribution in [3.63, 3.8) is 0 Å². The van der Waals surface area contributed by atoms with E-state index in [9.17, 15) is 8.42 Å². The minimum Gasteiger partial charge on any atom is -0.300 e. The summed E-state index contributed by atoms with van der Waals surface area (Å²) in [6, 6.07) is 13.3. The molecule has 4 rings (SSSR count). The molecule has 1 saturated heterocycles. The van der Waals surface area contributed by atoms with Gasteiger partial charge < -0.3 is 0 Å². The molecule has 2 aromatic heterocycles. The molecule has 0 saturated carbocycles. The summed E-state index contributed by atoms with van der Waals surface area (Å²) in [6.07, 6.45) is 0. The van der Waals surface area contributed by atoms with Gasteiger partial charge in [0.15, 0.2) is 4.77 Å². The van der Waals surface area contributed by atoms with Gasteiger partial charge in [-0.2, -0.15) is 9.40 Å². The summed E-state index contributed by atoms with van der Waals surface area (Å²) in [5.74, 6) is 0.861. The van der Waals surface area contributed by atoms with Crippen LogP contribution in [0.3, 0.4) is 0 Å². The molecule has 11 heteroatoms. The Hall–Kier alpha value is -1.56.